The standard InChI is InChI=1S/C20H30N6O2.C15H22N6.C10H11ClN4.C10H20N2O2.CH4.ClH/c1-13-16(11-22-25(13)6)17-9-15(10-18(21)23-17)26-8-7-14(12-26)24(5)19(27)28-20(2,3)4;1-10-13(8-18-20(10)3)14-6-12(7-15(16)19-14)21-5-4-11(9-21)17-2;1-6-8(5-13-15(6)2)9-3-7(11)4-10(12)14-9;1-10(2,3)14-9(13)12(4)8-5-6-11-7-8;;/h9-11,14H,7-8,12H2,1-6H3,(H2,21,23);6-8,11,17H,4-5,9H2,1-3H3,(H2,16,19);3-5H,1-2H3,(H2,12,14);8,11H,5-7H2,1-4H3;1H4;1H/t14-;11-;;8-;;/m11.1../s1. The molecule has 24 heteroatoms. The number of nitrogens with one attached hydrogen (secondary N) is 2. The van der Waals surface area contributed by atoms with E-state index in [1.165, 1.54) is 0 Å². The zero-order valence-corrected chi connectivity index (χ0v) is 50.3. The lowest BCUT2D eigenvalue weighted by Gasteiger charge is -2.29. The maximum atomic E-state index is 12.4. The van der Waals surface area contributed by atoms with Crippen molar-refractivity contribution in [2.45, 2.75) is 118 Å². The van der Waals surface area contributed by atoms with Crippen LogP contribution < -0.4 is 37.6 Å². The molecule has 8 N–H and O–H groups in total. The number of nitrogen functional groups attached to an aromatic ring is 3. The molecule has 440 valence electrons. The molecule has 0 aromatic carbocycles. The van der Waals surface area contributed by atoms with Crippen molar-refractivity contribution in [1.82, 2.24) is 64.7 Å². The first-order valence-corrected chi connectivity index (χ1v) is 26.7. The van der Waals surface area contributed by atoms with E-state index in [9.17, 15) is 9.59 Å². The van der Waals surface area contributed by atoms with Gasteiger partial charge in [0.15, 0.2) is 0 Å². The fourth-order valence-corrected chi connectivity index (χ4v) is 9.29. The second kappa shape index (κ2) is 28.0. The van der Waals surface area contributed by atoms with Gasteiger partial charge in [-0.25, -0.2) is 24.5 Å². The fourth-order valence-electron chi connectivity index (χ4n) is 9.08. The van der Waals surface area contributed by atoms with E-state index in [0.29, 0.717) is 28.5 Å². The molecule has 9 rings (SSSR count). The Hall–Kier alpha value is -6.88. The predicted molar refractivity (Wildman–Crippen MR) is 325 cm³/mol. The third-order valence-corrected chi connectivity index (χ3v) is 14.2. The Morgan fingerprint density at radius 1 is 0.637 bits per heavy atom. The van der Waals surface area contributed by atoms with Gasteiger partial charge in [-0.05, 0) is 119 Å². The lowest BCUT2D eigenvalue weighted by Crippen LogP contribution is -2.42. The highest BCUT2D eigenvalue weighted by Crippen LogP contribution is 2.32. The van der Waals surface area contributed by atoms with Crippen molar-refractivity contribution in [3.05, 3.63) is 77.1 Å². The Labute approximate surface area is 484 Å². The lowest BCUT2D eigenvalue weighted by molar-refractivity contribution is 0.0226. The van der Waals surface area contributed by atoms with E-state index in [1.54, 1.807) is 46.9 Å². The number of ether oxygens (including phenoxy) is 2. The summed E-state index contributed by atoms with van der Waals surface area (Å²) >= 11 is 5.91. The van der Waals surface area contributed by atoms with Crippen molar-refractivity contribution in [2.24, 2.45) is 21.1 Å². The number of anilines is 5. The van der Waals surface area contributed by atoms with Gasteiger partial charge in [-0.15, -0.1) is 12.4 Å². The Morgan fingerprint density at radius 2 is 1.04 bits per heavy atom. The van der Waals surface area contributed by atoms with Gasteiger partial charge in [0.2, 0.25) is 0 Å². The van der Waals surface area contributed by atoms with Gasteiger partial charge in [-0.1, -0.05) is 19.0 Å². The largest absolute Gasteiger partial charge is 0.444 e. The molecule has 0 radical (unpaired) electrons. The van der Waals surface area contributed by atoms with Gasteiger partial charge in [0.25, 0.3) is 0 Å². The van der Waals surface area contributed by atoms with Crippen molar-refractivity contribution in [3.63, 3.8) is 0 Å². The third kappa shape index (κ3) is 17.6. The number of nitrogens with zero attached hydrogens (tertiary/aromatic N) is 13. The molecule has 6 aromatic rings. The topological polar surface area (TPSA) is 260 Å². The van der Waals surface area contributed by atoms with E-state index >= 15 is 0 Å². The molecule has 0 aliphatic carbocycles. The maximum absolute atomic E-state index is 12.4. The van der Waals surface area contributed by atoms with Crippen molar-refractivity contribution >= 4 is 65.0 Å². The number of aromatic nitrogens is 9. The molecule has 0 spiro atoms. The number of aryl methyl sites for hydroxylation is 3. The van der Waals surface area contributed by atoms with Crippen LogP contribution in [0.25, 0.3) is 33.8 Å². The average molecular weight is 1150 g/mol. The Kier molecular flexibility index (Phi) is 23.0. The number of halogens is 2. The third-order valence-electron chi connectivity index (χ3n) is 14.0. The average Bonchev–Trinajstić information content (AvgIpc) is 4.25. The molecule has 22 nitrogen and oxygen atoms in total. The number of likely N-dealkylation sites (N-methyl/N-ethyl adjacent to an activating group) is 3. The monoisotopic (exact) mass is 1150 g/mol. The van der Waals surface area contributed by atoms with Crippen LogP contribution in [0.1, 0.15) is 85.3 Å². The quantitative estimate of drug-likeness (QED) is 0.0960. The van der Waals surface area contributed by atoms with Crippen LogP contribution >= 0.6 is 24.0 Å². The van der Waals surface area contributed by atoms with E-state index in [1.807, 2.05) is 130 Å². The molecule has 3 aliphatic rings. The van der Waals surface area contributed by atoms with Crippen LogP contribution in [-0.4, -0.2) is 156 Å². The molecule has 3 saturated heterocycles. The summed E-state index contributed by atoms with van der Waals surface area (Å²) in [6, 6.07) is 12.3. The number of rotatable bonds is 8. The van der Waals surface area contributed by atoms with Gasteiger partial charge < -0.3 is 56.9 Å². The summed E-state index contributed by atoms with van der Waals surface area (Å²) < 4.78 is 16.2. The van der Waals surface area contributed by atoms with Crippen LogP contribution in [0.5, 0.6) is 0 Å². The van der Waals surface area contributed by atoms with Crippen LogP contribution in [0.4, 0.5) is 38.4 Å². The van der Waals surface area contributed by atoms with Gasteiger partial charge in [0.05, 0.1) is 41.7 Å². The zero-order chi connectivity index (χ0) is 57.4. The molecule has 0 bridgehead atoms. The first-order valence-electron chi connectivity index (χ1n) is 26.4. The fraction of sp³-hybridized carbons (Fsp3) is 0.536. The van der Waals surface area contributed by atoms with E-state index in [0.717, 1.165) is 121 Å². The van der Waals surface area contributed by atoms with Gasteiger partial charge in [0, 0.05) is 142 Å². The first kappa shape index (κ1) is 65.6. The maximum Gasteiger partial charge on any atom is 0.410 e. The molecule has 0 saturated carbocycles. The zero-order valence-electron chi connectivity index (χ0n) is 48.8. The number of hydrogen-bond acceptors (Lipinski definition) is 17. The number of amides is 2. The summed E-state index contributed by atoms with van der Waals surface area (Å²) in [5.41, 5.74) is 27.5. The van der Waals surface area contributed by atoms with Gasteiger partial charge in [-0.3, -0.25) is 14.0 Å². The van der Waals surface area contributed by atoms with Crippen molar-refractivity contribution in [2.75, 3.05) is 87.4 Å². The van der Waals surface area contributed by atoms with E-state index in [-0.39, 0.29) is 44.1 Å². The molecule has 9 heterocycles. The van der Waals surface area contributed by atoms with Gasteiger partial charge >= 0.3 is 12.2 Å². The second-order valence-corrected chi connectivity index (χ2v) is 22.5. The Balaban J connectivity index is 0.000000237. The van der Waals surface area contributed by atoms with E-state index in [2.05, 4.69) is 56.7 Å². The second-order valence-electron chi connectivity index (χ2n) is 22.1. The minimum Gasteiger partial charge on any atom is -0.444 e. The minimum atomic E-state index is -0.500. The van der Waals surface area contributed by atoms with Crippen molar-refractivity contribution in [3.8, 4) is 33.8 Å². The summed E-state index contributed by atoms with van der Waals surface area (Å²) in [4.78, 5) is 45.1. The highest BCUT2D eigenvalue weighted by Gasteiger charge is 2.32. The predicted octanol–water partition coefficient (Wildman–Crippen LogP) is 8.29. The summed E-state index contributed by atoms with van der Waals surface area (Å²) in [5.74, 6) is 1.44. The van der Waals surface area contributed by atoms with Crippen LogP contribution in [-0.2, 0) is 30.6 Å². The summed E-state index contributed by atoms with van der Waals surface area (Å²) in [6.45, 7) is 22.8. The van der Waals surface area contributed by atoms with Gasteiger partial charge in [-0.2, -0.15) is 15.3 Å². The number of hydrogen-bond donors (Lipinski definition) is 5. The number of carbonyl (C=O) groups excluding carboxylic acids is 2. The molecule has 3 aliphatic heterocycles. The van der Waals surface area contributed by atoms with Gasteiger partial charge in [0.1, 0.15) is 28.7 Å². The molecule has 3 fully saturated rings. The van der Waals surface area contributed by atoms with Crippen LogP contribution in [0, 0.1) is 20.8 Å². The number of carbonyl (C=O) groups is 2. The molecule has 80 heavy (non-hydrogen) atoms. The molecular formula is C56H88Cl2N18O4. The summed E-state index contributed by atoms with van der Waals surface area (Å²) in [5, 5.41) is 19.9. The molecule has 6 aromatic heterocycles. The number of pyridine rings is 3. The first-order chi connectivity index (χ1) is 36.6. The highest BCUT2D eigenvalue weighted by molar-refractivity contribution is 6.31. The molecule has 3 atom stereocenters. The van der Waals surface area contributed by atoms with Crippen LogP contribution in [0.2, 0.25) is 5.02 Å². The summed E-state index contributed by atoms with van der Waals surface area (Å²) in [6.07, 6.45) is 7.93. The van der Waals surface area contributed by atoms with E-state index < -0.39 is 11.2 Å². The van der Waals surface area contributed by atoms with Crippen LogP contribution in [0.15, 0.2) is 55.0 Å². The highest BCUT2D eigenvalue weighted by atomic mass is 35.5. The lowest BCUT2D eigenvalue weighted by atomic mass is 10.1. The molecule has 0 unspecified atom stereocenters. The van der Waals surface area contributed by atoms with Crippen molar-refractivity contribution in [1.29, 1.82) is 0 Å². The van der Waals surface area contributed by atoms with Crippen molar-refractivity contribution < 1.29 is 19.1 Å². The molecular weight excluding hydrogens is 1060 g/mol. The molecule has 2 amide bonds. The van der Waals surface area contributed by atoms with E-state index in [4.69, 9.17) is 38.3 Å². The normalized spacial score (nSPS) is 16.7. The minimum absolute atomic E-state index is 0. The Bertz CT molecular complexity index is 2970. The summed E-state index contributed by atoms with van der Waals surface area (Å²) in [7, 11) is 11.3. The van der Waals surface area contributed by atoms with Crippen LogP contribution in [0.3, 0.4) is 0 Å². The SMILES string of the molecule is C.CN(C(=O)OC(C)(C)C)[C@@H]1CCNC1.CN[C@@H]1CCN(c2cc(N)nc(-c3cnn(C)c3C)c2)C1.Cc1c(-c2cc(Cl)cc(N)n2)cnn1C.Cc1c(-c2cc(N3CC[C@@H](N(C)C(=O)OC(C)(C)C)C3)cc(N)n2)cnn1C.Cl. The smallest absolute Gasteiger partial charge is 0.410 e. The number of nitrogens with two attached hydrogens (primary N) is 3. The Morgan fingerprint density at radius 3 is 1.40 bits per heavy atom.